The number of hydrogen-bond donors (Lipinski definition) is 0. The van der Waals surface area contributed by atoms with Crippen molar-refractivity contribution in [2.45, 2.75) is 186 Å². The van der Waals surface area contributed by atoms with Crippen LogP contribution in [0.3, 0.4) is 0 Å². The molecule has 0 radical (unpaired) electrons. The van der Waals surface area contributed by atoms with Gasteiger partial charge in [0, 0.05) is 20.1 Å². The number of phosphoric acid groups is 1. The lowest BCUT2D eigenvalue weighted by Crippen LogP contribution is -2.59. The zero-order chi connectivity index (χ0) is 51.6. The van der Waals surface area contributed by atoms with Gasteiger partial charge in [-0.3, -0.25) is 13.6 Å². The van der Waals surface area contributed by atoms with Crippen molar-refractivity contribution < 1.29 is 46.6 Å². The summed E-state index contributed by atoms with van der Waals surface area (Å²) in [4.78, 5) is 0. The van der Waals surface area contributed by atoms with E-state index in [1.54, 1.807) is 7.11 Å². The zero-order valence-corrected chi connectivity index (χ0v) is 45.5. The van der Waals surface area contributed by atoms with E-state index in [4.69, 9.17) is 42.0 Å². The highest BCUT2D eigenvalue weighted by atomic mass is 31.2. The average molecular weight is 1040 g/mol. The lowest BCUT2D eigenvalue weighted by molar-refractivity contribution is -0.235. The van der Waals surface area contributed by atoms with E-state index in [-0.39, 0.29) is 39.6 Å². The van der Waals surface area contributed by atoms with E-state index in [1.165, 1.54) is 89.9 Å². The lowest BCUT2D eigenvalue weighted by atomic mass is 9.86. The van der Waals surface area contributed by atoms with Crippen molar-refractivity contribution in [2.24, 2.45) is 0 Å². The van der Waals surface area contributed by atoms with Crippen LogP contribution < -0.4 is 0 Å². The van der Waals surface area contributed by atoms with Crippen molar-refractivity contribution in [3.63, 3.8) is 0 Å². The Morgan fingerprint density at radius 1 is 0.419 bits per heavy atom. The number of rotatable bonds is 40. The highest BCUT2D eigenvalue weighted by Crippen LogP contribution is 2.54. The minimum absolute atomic E-state index is 0.0277. The minimum atomic E-state index is -4.44. The van der Waals surface area contributed by atoms with Crippen molar-refractivity contribution in [3.05, 3.63) is 179 Å². The molecule has 5 aromatic rings. The standard InChI is InChI=1S/C63H87O10P/c1-3-4-5-6-7-8-9-10-11-12-13-14-15-16-17-33-44-66-51-58(65-2)52-72-74(64,71-50-57-42-31-22-32-43-57)73-62-60(68-47-54-36-25-19-26-37-54)45-59(67-46-53-34-23-18-24-35-53)61(69-48-55-38-27-20-28-39-55)63(62)70-49-56-40-29-21-30-41-56/h18-32,34-43,58-63H,3-17,33,44-52H2,1-2H3/t58-,59-,60-,61+,62-,63-,74?/m1/s1. The van der Waals surface area contributed by atoms with Gasteiger partial charge in [-0.2, -0.15) is 0 Å². The smallest absolute Gasteiger partial charge is 0.379 e. The molecule has 0 saturated heterocycles. The van der Waals surface area contributed by atoms with Crippen LogP contribution in [-0.2, 0) is 79.6 Å². The number of benzene rings is 5. The van der Waals surface area contributed by atoms with Gasteiger partial charge in [-0.05, 0) is 34.2 Å². The summed E-state index contributed by atoms with van der Waals surface area (Å²) in [5.74, 6) is 0. The molecule has 1 unspecified atom stereocenters. The van der Waals surface area contributed by atoms with Gasteiger partial charge in [-0.25, -0.2) is 4.57 Å². The molecule has 10 nitrogen and oxygen atoms in total. The Kier molecular flexibility index (Phi) is 28.9. The number of ether oxygens (including phenoxy) is 6. The maximum absolute atomic E-state index is 15.5. The molecule has 1 fully saturated rings. The fourth-order valence-electron chi connectivity index (χ4n) is 9.34. The van der Waals surface area contributed by atoms with Crippen LogP contribution in [0.15, 0.2) is 152 Å². The topological polar surface area (TPSA) is 100 Å². The first-order valence-electron chi connectivity index (χ1n) is 27.9. The summed E-state index contributed by atoms with van der Waals surface area (Å²) in [6.07, 6.45) is 17.1. The van der Waals surface area contributed by atoms with Crippen molar-refractivity contribution in [2.75, 3.05) is 26.9 Å². The van der Waals surface area contributed by atoms with E-state index < -0.39 is 44.4 Å². The van der Waals surface area contributed by atoms with E-state index in [0.717, 1.165) is 40.7 Å². The Morgan fingerprint density at radius 2 is 0.784 bits per heavy atom. The highest BCUT2D eigenvalue weighted by molar-refractivity contribution is 7.48. The van der Waals surface area contributed by atoms with Crippen LogP contribution in [0.25, 0.3) is 0 Å². The summed E-state index contributed by atoms with van der Waals surface area (Å²) in [6, 6.07) is 49.6. The molecule has 0 N–H and O–H groups in total. The van der Waals surface area contributed by atoms with Gasteiger partial charge in [0.05, 0.1) is 58.5 Å². The van der Waals surface area contributed by atoms with Gasteiger partial charge in [0.25, 0.3) is 0 Å². The third-order valence-corrected chi connectivity index (χ3v) is 15.1. The Bertz CT molecular complexity index is 2170. The molecular formula is C63H87O10P. The van der Waals surface area contributed by atoms with Crippen LogP contribution in [0.2, 0.25) is 0 Å². The van der Waals surface area contributed by atoms with Gasteiger partial charge in [0.2, 0.25) is 0 Å². The van der Waals surface area contributed by atoms with Crippen molar-refractivity contribution >= 4 is 7.82 Å². The number of hydrogen-bond acceptors (Lipinski definition) is 10. The first kappa shape index (κ1) is 59.2. The fraction of sp³-hybridized carbons (Fsp3) is 0.524. The summed E-state index contributed by atoms with van der Waals surface area (Å²) in [5.41, 5.74) is 4.73. The molecule has 5 aromatic carbocycles. The third-order valence-electron chi connectivity index (χ3n) is 13.7. The second kappa shape index (κ2) is 36.1. The molecule has 404 valence electrons. The fourth-order valence-corrected chi connectivity index (χ4v) is 10.7. The van der Waals surface area contributed by atoms with Gasteiger partial charge in [0.15, 0.2) is 0 Å². The predicted molar refractivity (Wildman–Crippen MR) is 296 cm³/mol. The second-order valence-electron chi connectivity index (χ2n) is 19.7. The van der Waals surface area contributed by atoms with Crippen LogP contribution in [0.1, 0.15) is 144 Å². The van der Waals surface area contributed by atoms with Crippen LogP contribution in [0.4, 0.5) is 0 Å². The van der Waals surface area contributed by atoms with E-state index in [1.807, 2.05) is 152 Å². The molecule has 0 heterocycles. The molecule has 1 saturated carbocycles. The first-order chi connectivity index (χ1) is 36.5. The number of unbranched alkanes of at least 4 members (excludes halogenated alkanes) is 15. The molecule has 0 aromatic heterocycles. The second-order valence-corrected chi connectivity index (χ2v) is 21.4. The van der Waals surface area contributed by atoms with Crippen molar-refractivity contribution in [1.82, 2.24) is 0 Å². The summed E-state index contributed by atoms with van der Waals surface area (Å²) < 4.78 is 74.5. The zero-order valence-electron chi connectivity index (χ0n) is 44.6. The molecule has 0 aliphatic heterocycles. The van der Waals surface area contributed by atoms with Gasteiger partial charge in [-0.1, -0.05) is 255 Å². The van der Waals surface area contributed by atoms with Crippen LogP contribution in [-0.4, -0.2) is 63.6 Å². The average Bonchev–Trinajstić information content (AvgIpc) is 3.45. The maximum Gasteiger partial charge on any atom is 0.475 e. The van der Waals surface area contributed by atoms with E-state index in [2.05, 4.69) is 6.92 Å². The van der Waals surface area contributed by atoms with E-state index >= 15 is 4.57 Å². The molecular weight excluding hydrogens is 948 g/mol. The molecule has 74 heavy (non-hydrogen) atoms. The quantitative estimate of drug-likeness (QED) is 0.0278. The molecule has 0 spiro atoms. The predicted octanol–water partition coefficient (Wildman–Crippen LogP) is 15.8. The van der Waals surface area contributed by atoms with Crippen molar-refractivity contribution in [3.8, 4) is 0 Å². The Labute approximate surface area is 444 Å². The largest absolute Gasteiger partial charge is 0.475 e. The first-order valence-corrected chi connectivity index (χ1v) is 29.3. The number of phosphoric ester groups is 1. The summed E-state index contributed by atoms with van der Waals surface area (Å²) >= 11 is 0. The molecule has 11 heteroatoms. The van der Waals surface area contributed by atoms with Crippen molar-refractivity contribution in [1.29, 1.82) is 0 Å². The summed E-state index contributed by atoms with van der Waals surface area (Å²) in [5, 5.41) is 0. The monoisotopic (exact) mass is 1030 g/mol. The molecule has 6 rings (SSSR count). The Hall–Kier alpha value is -4.03. The lowest BCUT2D eigenvalue weighted by Gasteiger charge is -2.46. The van der Waals surface area contributed by atoms with Crippen LogP contribution in [0.5, 0.6) is 0 Å². The van der Waals surface area contributed by atoms with Crippen LogP contribution >= 0.6 is 7.82 Å². The van der Waals surface area contributed by atoms with Gasteiger partial charge in [0.1, 0.15) is 24.4 Å². The molecule has 7 atom stereocenters. The highest BCUT2D eigenvalue weighted by Gasteiger charge is 2.52. The van der Waals surface area contributed by atoms with Crippen LogP contribution in [0, 0.1) is 0 Å². The normalized spacial score (nSPS) is 19.0. The van der Waals surface area contributed by atoms with Gasteiger partial charge in [-0.15, -0.1) is 0 Å². The summed E-state index contributed by atoms with van der Waals surface area (Å²) in [7, 11) is -2.84. The molecule has 1 aliphatic rings. The Morgan fingerprint density at radius 3 is 1.20 bits per heavy atom. The third kappa shape index (κ3) is 23.1. The molecule has 1 aliphatic carbocycles. The molecule has 0 amide bonds. The molecule has 0 bridgehead atoms. The Balaban J connectivity index is 1.13. The maximum atomic E-state index is 15.5. The number of methoxy groups -OCH3 is 1. The minimum Gasteiger partial charge on any atom is -0.379 e. The summed E-state index contributed by atoms with van der Waals surface area (Å²) in [6.45, 7) is 4.11. The van der Waals surface area contributed by atoms with Gasteiger partial charge < -0.3 is 28.4 Å². The van der Waals surface area contributed by atoms with Gasteiger partial charge >= 0.3 is 7.82 Å². The van der Waals surface area contributed by atoms with E-state index in [0.29, 0.717) is 19.6 Å². The SMILES string of the molecule is CCCCCCCCCCCCCCCCCCOC[C@H](COP(=O)(OCc1ccccc1)O[C@H]1[C@H](OCc2ccccc2)[C@@H](OCc2ccccc2)[C@H](OCc2ccccc2)C[C@H]1OCc1ccccc1)OC. The van der Waals surface area contributed by atoms with E-state index in [9.17, 15) is 0 Å².